The van der Waals surface area contributed by atoms with Gasteiger partial charge in [0.1, 0.15) is 21.5 Å². The summed E-state index contributed by atoms with van der Waals surface area (Å²) < 4.78 is 48.8. The predicted molar refractivity (Wildman–Crippen MR) is 498 cm³/mol. The largest absolute Gasteiger partial charge is 0.391 e. The maximum absolute atomic E-state index is 11.4. The number of β-amino-alcohol motifs (C(OH)–C–C–N with tert-alkyl or cyclic N) is 1. The highest BCUT2D eigenvalue weighted by Crippen LogP contribution is 2.53. The van der Waals surface area contributed by atoms with Gasteiger partial charge >= 0.3 is 0 Å². The molecule has 36 nitrogen and oxygen atoms in total. The molecule has 0 amide bonds. The van der Waals surface area contributed by atoms with Crippen molar-refractivity contribution in [2.45, 2.75) is 124 Å². The normalized spacial score (nSPS) is 16.8. The number of aliphatic hydroxyl groups excluding tert-OH is 1. The zero-order chi connectivity index (χ0) is 90.4. The van der Waals surface area contributed by atoms with Crippen molar-refractivity contribution in [3.63, 3.8) is 0 Å². The quantitative estimate of drug-likeness (QED) is 0.0327. The van der Waals surface area contributed by atoms with Crippen LogP contribution in [0.4, 0.5) is 35.4 Å². The van der Waals surface area contributed by atoms with Gasteiger partial charge in [0.15, 0.2) is 23.3 Å². The van der Waals surface area contributed by atoms with E-state index in [1.165, 1.54) is 22.9 Å². The van der Waals surface area contributed by atoms with E-state index in [2.05, 4.69) is 192 Å². The molecule has 16 aromatic rings. The van der Waals surface area contributed by atoms with Crippen LogP contribution in [0.15, 0.2) is 226 Å². The Kier molecular flexibility index (Phi) is 24.7. The number of sulfone groups is 1. The number of pyridine rings is 2. The summed E-state index contributed by atoms with van der Waals surface area (Å²) in [5.41, 5.74) is 37.1. The van der Waals surface area contributed by atoms with Crippen molar-refractivity contribution in [1.82, 2.24) is 115 Å². The van der Waals surface area contributed by atoms with E-state index in [-0.39, 0.29) is 63.9 Å². The molecule has 1 atom stereocenters. The third kappa shape index (κ3) is 18.4. The number of aryl methyl sites for hydroxylation is 2. The lowest BCUT2D eigenvalue weighted by Gasteiger charge is -2.39. The lowest BCUT2D eigenvalue weighted by atomic mass is 9.64. The number of rotatable bonds is 24. The zero-order valence-corrected chi connectivity index (χ0v) is 74.4. The number of nitrogens with zero attached hydrogens (tertiary/aromatic N) is 24. The molecular formula is C94H97N29O7S2. The van der Waals surface area contributed by atoms with Crippen molar-refractivity contribution in [1.29, 1.82) is 0 Å². The number of hydrogen-bond donors (Lipinski definition) is 6. The first-order valence-corrected chi connectivity index (χ1v) is 47.4. The number of piperazine rings is 1. The van der Waals surface area contributed by atoms with Crippen molar-refractivity contribution in [3.05, 3.63) is 254 Å². The molecular weight excluding hydrogens is 1710 g/mol. The van der Waals surface area contributed by atoms with Crippen LogP contribution in [0.3, 0.4) is 0 Å². The molecule has 10 N–H and O–H groups in total. The van der Waals surface area contributed by atoms with Crippen molar-refractivity contribution in [2.24, 2.45) is 0 Å². The second kappa shape index (κ2) is 37.5. The Morgan fingerprint density at radius 1 is 0.386 bits per heavy atom. The highest BCUT2D eigenvalue weighted by atomic mass is 32.2. The zero-order valence-electron chi connectivity index (χ0n) is 72.7. The Labute approximate surface area is 763 Å². The molecule has 4 aromatic carbocycles. The molecule has 0 spiro atoms. The third-order valence-corrected chi connectivity index (χ3v) is 27.4. The minimum absolute atomic E-state index is 0.0187. The Hall–Kier alpha value is -14.5. The minimum Gasteiger partial charge on any atom is -0.391 e. The monoisotopic (exact) mass is 1810 g/mol. The molecule has 6 fully saturated rings. The first kappa shape index (κ1) is 86.9. The van der Waals surface area contributed by atoms with E-state index in [0.717, 1.165) is 219 Å². The molecule has 14 heterocycles. The van der Waals surface area contributed by atoms with Gasteiger partial charge in [0.2, 0.25) is 23.8 Å². The number of nitrogens with two attached hydrogens (primary N) is 4. The number of thioether (sulfide) groups is 1. The lowest BCUT2D eigenvalue weighted by molar-refractivity contribution is 0.198. The summed E-state index contributed by atoms with van der Waals surface area (Å²) in [5, 5.41) is 39.2. The Bertz CT molecular complexity index is 6510. The first-order valence-electron chi connectivity index (χ1n) is 44.0. The fraction of sp³-hybridized carbons (Fsp3) is 0.319. The van der Waals surface area contributed by atoms with Gasteiger partial charge in [-0.15, -0.1) is 0 Å². The highest BCUT2D eigenvalue weighted by Gasteiger charge is 2.48. The second-order valence-electron chi connectivity index (χ2n) is 34.1. The number of benzene rings is 4. The summed E-state index contributed by atoms with van der Waals surface area (Å²) in [6.45, 7) is 6.44. The second-order valence-corrected chi connectivity index (χ2v) is 37.4. The van der Waals surface area contributed by atoms with Gasteiger partial charge in [0.05, 0.1) is 74.7 Å². The Morgan fingerprint density at radius 2 is 0.689 bits per heavy atom. The summed E-state index contributed by atoms with van der Waals surface area (Å²) in [5.74, 6) is 8.64. The molecule has 38 heteroatoms. The molecule has 132 heavy (non-hydrogen) atoms. The molecule has 0 unspecified atom stereocenters. The molecule has 2 saturated heterocycles. The predicted octanol–water partition coefficient (Wildman–Crippen LogP) is 12.6. The van der Waals surface area contributed by atoms with E-state index in [1.807, 2.05) is 53.5 Å². The molecule has 12 aromatic heterocycles. The first-order chi connectivity index (χ1) is 64.3. The van der Waals surface area contributed by atoms with Crippen LogP contribution in [0.2, 0.25) is 0 Å². The van der Waals surface area contributed by atoms with E-state index in [0.29, 0.717) is 47.3 Å². The van der Waals surface area contributed by atoms with Crippen LogP contribution in [0.25, 0.3) is 90.3 Å². The number of nitrogen functional groups attached to an aromatic ring is 4. The van der Waals surface area contributed by atoms with E-state index in [9.17, 15) is 13.5 Å². The SMILES string of the molecule is CS(=O)(=O)CCn1cc(-c2nc(C3(c4ccc(-c5cnc(N)nc5)cc4)CCC3)no2)cn1.CSCCn1cc(-c2nc(C3(c4ccc(-c5cnc(N)nc5)cc4)CCC3)no2)cn1.Nc1ncc(-c2ccc(C3(c4noc(-c5ccc(N6CCNCC6)nc5)n4)CCC3)cc2)cn1.Nc1ncc(-c2ccc(C3(c4noc(-c5ccc(N6CC[C@@H](O)C6)nc5)n4)CCC3)cc2)cn1. The highest BCUT2D eigenvalue weighted by molar-refractivity contribution is 7.98. The third-order valence-electron chi connectivity index (χ3n) is 25.9. The molecule has 0 radical (unpaired) electrons. The van der Waals surface area contributed by atoms with Gasteiger partial charge in [-0.25, -0.2) is 58.3 Å². The average molecular weight is 1810 g/mol. The number of anilines is 6. The molecule has 4 saturated carbocycles. The van der Waals surface area contributed by atoms with E-state index in [1.54, 1.807) is 90.8 Å². The van der Waals surface area contributed by atoms with Gasteiger partial charge in [-0.1, -0.05) is 143 Å². The molecule has 22 rings (SSSR count). The summed E-state index contributed by atoms with van der Waals surface area (Å²) >= 11 is 1.79. The Morgan fingerprint density at radius 3 is 0.970 bits per heavy atom. The van der Waals surface area contributed by atoms with Gasteiger partial charge in [-0.05, 0) is 133 Å². The summed E-state index contributed by atoms with van der Waals surface area (Å²) in [6, 6.07) is 41.5. The fourth-order valence-electron chi connectivity index (χ4n) is 17.6. The maximum Gasteiger partial charge on any atom is 0.261 e. The van der Waals surface area contributed by atoms with E-state index >= 15 is 0 Å². The van der Waals surface area contributed by atoms with Crippen molar-refractivity contribution < 1.29 is 31.6 Å². The van der Waals surface area contributed by atoms with Crippen LogP contribution in [0.5, 0.6) is 0 Å². The molecule has 4 aliphatic carbocycles. The van der Waals surface area contributed by atoms with Crippen molar-refractivity contribution >= 4 is 57.0 Å². The van der Waals surface area contributed by atoms with Gasteiger partial charge in [-0.3, -0.25) is 9.36 Å². The van der Waals surface area contributed by atoms with Gasteiger partial charge in [0, 0.05) is 154 Å². The Balaban J connectivity index is 0.000000114. The topological polar surface area (TPSA) is 497 Å². The van der Waals surface area contributed by atoms with Gasteiger partial charge in [0.25, 0.3) is 23.6 Å². The van der Waals surface area contributed by atoms with Gasteiger partial charge < -0.3 is 61.3 Å². The van der Waals surface area contributed by atoms with Crippen LogP contribution in [0, 0.1) is 0 Å². The van der Waals surface area contributed by atoms with Crippen LogP contribution in [-0.2, 0) is 44.6 Å². The molecule has 0 bridgehead atoms. The van der Waals surface area contributed by atoms with Crippen LogP contribution in [-0.4, -0.2) is 193 Å². The molecule has 2 aliphatic heterocycles. The lowest BCUT2D eigenvalue weighted by Crippen LogP contribution is -2.43. The number of aromatic nitrogens is 22. The number of hydrogen-bond acceptors (Lipinski definition) is 35. The smallest absolute Gasteiger partial charge is 0.261 e. The van der Waals surface area contributed by atoms with Crippen LogP contribution in [0.1, 0.15) is 129 Å². The van der Waals surface area contributed by atoms with E-state index in [4.69, 9.17) is 56.0 Å². The number of aliphatic hydroxyl groups is 1. The van der Waals surface area contributed by atoms with Gasteiger partial charge in [-0.2, -0.15) is 41.9 Å². The van der Waals surface area contributed by atoms with Crippen molar-refractivity contribution in [3.8, 4) is 90.3 Å². The van der Waals surface area contributed by atoms with E-state index < -0.39 is 9.84 Å². The molecule has 6 aliphatic rings. The van der Waals surface area contributed by atoms with Crippen LogP contribution >= 0.6 is 11.8 Å². The fourth-order valence-corrected chi connectivity index (χ4v) is 18.5. The van der Waals surface area contributed by atoms with Crippen LogP contribution < -0.4 is 38.1 Å². The minimum atomic E-state index is -3.07. The molecule has 672 valence electrons. The summed E-state index contributed by atoms with van der Waals surface area (Å²) in [6.07, 6.45) is 40.6. The summed E-state index contributed by atoms with van der Waals surface area (Å²) in [4.78, 5) is 65.2. The standard InChI is InChI=1S/C25H26N8O.C25H25N7O2.C22H23N7O3S.C22H23N7OS/c26-24-29-15-19(16-30-24)17-2-5-20(6-3-17)25(8-1-9-25)23-31-22(34-32-23)18-4-7-21(28-14-18)33-12-10-27-11-13-33;26-24-28-13-18(14-29-24)16-2-5-19(6-3-16)25(9-1-10-25)23-30-22(34-31-23)17-4-7-21(27-12-17)32-11-8-20(33)15-32;1-33(30,31)10-9-29-14-17(13-26-29)19-27-20(28-32-19)22(7-2-8-22)18-5-3-15(4-6-18)16-11-24-21(23)25-12-16;1-31-10-9-29-14-17(13-26-29)19-27-20(28-30-19)22(7-2-8-22)18-5-3-15(4-6-18)16-11-24-21(23)25-12-16/h2-7,14-16,27H,1,8-13H2,(H2,26,29,30);2-7,12-14,20,33H,1,8-11,15H2,(H2,26,28,29);3-6,11-14H,2,7-10H2,1H3,(H2,23,24,25);3-6,11-14H,2,7-10H2,1H3,(H2,23,24,25)/t;20-;;/m.1../s1. The van der Waals surface area contributed by atoms with Crippen molar-refractivity contribution in [2.75, 3.05) is 96.0 Å². The average Bonchev–Trinajstić information content (AvgIpc) is 1.54. The number of nitrogens with one attached hydrogen (secondary N) is 1. The maximum atomic E-state index is 11.4. The summed E-state index contributed by atoms with van der Waals surface area (Å²) in [7, 11) is -3.07.